The van der Waals surface area contributed by atoms with Gasteiger partial charge in [0.2, 0.25) is 10.0 Å². The van der Waals surface area contributed by atoms with E-state index in [1.807, 2.05) is 29.9 Å². The molecule has 6 rings (SSSR count). The van der Waals surface area contributed by atoms with Crippen LogP contribution in [0, 0.1) is 5.41 Å². The van der Waals surface area contributed by atoms with E-state index < -0.39 is 28.3 Å². The Bertz CT molecular complexity index is 1570. The zero-order valence-electron chi connectivity index (χ0n) is 22.3. The highest BCUT2D eigenvalue weighted by molar-refractivity contribution is 7.92. The number of aliphatic hydroxyl groups is 1. The lowest BCUT2D eigenvalue weighted by Gasteiger charge is -2.41. The summed E-state index contributed by atoms with van der Waals surface area (Å²) < 4.78 is 56.4. The highest BCUT2D eigenvalue weighted by atomic mass is 32.2. The van der Waals surface area contributed by atoms with Crippen molar-refractivity contribution in [3.05, 3.63) is 48.2 Å². The van der Waals surface area contributed by atoms with Crippen LogP contribution in [0.25, 0.3) is 10.9 Å². The van der Waals surface area contributed by atoms with Gasteiger partial charge < -0.3 is 24.8 Å². The number of nitrogens with one attached hydrogen (secondary N) is 2. The molecule has 0 unspecified atom stereocenters. The number of carbonyl (C=O) groups is 1. The van der Waals surface area contributed by atoms with Crippen LogP contribution in [-0.4, -0.2) is 68.5 Å². The number of carbonyl (C=O) groups excluding carboxylic acids is 1. The van der Waals surface area contributed by atoms with Gasteiger partial charge in [0.05, 0.1) is 53.6 Å². The number of rotatable bonds is 8. The number of aliphatic hydroxyl groups excluding tert-OH is 1. The van der Waals surface area contributed by atoms with Crippen molar-refractivity contribution >= 4 is 49.6 Å². The maximum Gasteiger partial charge on any atom is 0.282 e. The van der Waals surface area contributed by atoms with E-state index in [1.165, 1.54) is 18.9 Å². The second-order valence-electron chi connectivity index (χ2n) is 11.4. The SMILES string of the molecule is Cn1ccc2cc(NC(=O)c3ccc(NS(=O)(=O)CCO)cc3N3CCC4(CC3)CC4)cc(N3CC(F)(F)C3)c21. The Hall–Kier alpha value is -3.38. The topological polar surface area (TPSA) is 107 Å². The molecule has 2 aliphatic heterocycles. The third-order valence-electron chi connectivity index (χ3n) is 8.39. The molecule has 3 aliphatic rings. The quantitative estimate of drug-likeness (QED) is 0.376. The van der Waals surface area contributed by atoms with Crippen molar-refractivity contribution in [2.24, 2.45) is 12.5 Å². The van der Waals surface area contributed by atoms with Crippen LogP contribution in [-0.2, 0) is 17.1 Å². The Morgan fingerprint density at radius 1 is 0.975 bits per heavy atom. The van der Waals surface area contributed by atoms with E-state index in [-0.39, 0.29) is 19.0 Å². The van der Waals surface area contributed by atoms with Gasteiger partial charge in [-0.05, 0) is 67.5 Å². The minimum Gasteiger partial charge on any atom is -0.395 e. The first-order valence-electron chi connectivity index (χ1n) is 13.5. The molecule has 1 spiro atoms. The number of benzene rings is 2. The van der Waals surface area contributed by atoms with Crippen LogP contribution in [0.3, 0.4) is 0 Å². The molecule has 1 amide bonds. The number of hydrogen-bond acceptors (Lipinski definition) is 6. The summed E-state index contributed by atoms with van der Waals surface area (Å²) in [7, 11) is -1.88. The van der Waals surface area contributed by atoms with E-state index in [0.717, 1.165) is 36.8 Å². The molecule has 2 saturated heterocycles. The van der Waals surface area contributed by atoms with Crippen LogP contribution in [0.1, 0.15) is 36.0 Å². The zero-order chi connectivity index (χ0) is 28.3. The van der Waals surface area contributed by atoms with Gasteiger partial charge in [-0.15, -0.1) is 0 Å². The number of halogens is 2. The van der Waals surface area contributed by atoms with Crippen molar-refractivity contribution in [1.82, 2.24) is 4.57 Å². The van der Waals surface area contributed by atoms with E-state index in [4.69, 9.17) is 5.11 Å². The molecular weight excluding hydrogens is 540 g/mol. The number of fused-ring (bicyclic) bond motifs is 1. The number of aromatic nitrogens is 1. The summed E-state index contributed by atoms with van der Waals surface area (Å²) in [6.45, 7) is 0.268. The number of sulfonamides is 1. The molecule has 1 aliphatic carbocycles. The van der Waals surface area contributed by atoms with Gasteiger partial charge in [-0.2, -0.15) is 0 Å². The van der Waals surface area contributed by atoms with Gasteiger partial charge >= 0.3 is 0 Å². The third-order valence-corrected chi connectivity index (χ3v) is 9.66. The molecule has 9 nitrogen and oxygen atoms in total. The first kappa shape index (κ1) is 26.8. The third kappa shape index (κ3) is 5.22. The summed E-state index contributed by atoms with van der Waals surface area (Å²) >= 11 is 0. The number of hydrogen-bond donors (Lipinski definition) is 3. The van der Waals surface area contributed by atoms with Gasteiger partial charge in [-0.1, -0.05) is 0 Å². The first-order valence-corrected chi connectivity index (χ1v) is 15.2. The molecule has 2 aromatic carbocycles. The van der Waals surface area contributed by atoms with Crippen LogP contribution < -0.4 is 19.8 Å². The van der Waals surface area contributed by atoms with E-state index in [2.05, 4.69) is 14.9 Å². The number of anilines is 4. The summed E-state index contributed by atoms with van der Waals surface area (Å²) in [5.74, 6) is -3.54. The molecule has 1 aromatic heterocycles. The number of aryl methyl sites for hydroxylation is 1. The van der Waals surface area contributed by atoms with E-state index >= 15 is 0 Å². The minimum atomic E-state index is -3.74. The van der Waals surface area contributed by atoms with Crippen molar-refractivity contribution in [2.75, 3.05) is 58.4 Å². The highest BCUT2D eigenvalue weighted by Gasteiger charge is 2.45. The first-order chi connectivity index (χ1) is 19.0. The Balaban J connectivity index is 1.31. The molecular formula is C28H33F2N5O4S. The van der Waals surface area contributed by atoms with Crippen molar-refractivity contribution in [2.45, 2.75) is 31.6 Å². The average Bonchev–Trinajstić information content (AvgIpc) is 3.53. The van der Waals surface area contributed by atoms with Crippen LogP contribution in [0.2, 0.25) is 0 Å². The lowest BCUT2D eigenvalue weighted by molar-refractivity contribution is -0.0261. The van der Waals surface area contributed by atoms with Gasteiger partial charge in [0.1, 0.15) is 0 Å². The maximum absolute atomic E-state index is 13.7. The van der Waals surface area contributed by atoms with Gasteiger partial charge in [0.25, 0.3) is 11.8 Å². The van der Waals surface area contributed by atoms with Gasteiger partial charge in [-0.25, -0.2) is 17.2 Å². The zero-order valence-corrected chi connectivity index (χ0v) is 23.1. The number of nitrogens with zero attached hydrogens (tertiary/aromatic N) is 3. The van der Waals surface area contributed by atoms with Crippen LogP contribution >= 0.6 is 0 Å². The monoisotopic (exact) mass is 573 g/mol. The Morgan fingerprint density at radius 3 is 2.33 bits per heavy atom. The van der Waals surface area contributed by atoms with E-state index in [1.54, 1.807) is 23.1 Å². The molecule has 0 atom stereocenters. The van der Waals surface area contributed by atoms with Crippen LogP contribution in [0.5, 0.6) is 0 Å². The fourth-order valence-electron chi connectivity index (χ4n) is 5.91. The van der Waals surface area contributed by atoms with Crippen molar-refractivity contribution in [3.63, 3.8) is 0 Å². The van der Waals surface area contributed by atoms with Crippen molar-refractivity contribution in [3.8, 4) is 0 Å². The molecule has 12 heteroatoms. The Kier molecular flexibility index (Phi) is 6.45. The number of piperidine rings is 1. The smallest absolute Gasteiger partial charge is 0.282 e. The molecule has 1 saturated carbocycles. The maximum atomic E-state index is 13.7. The van der Waals surface area contributed by atoms with Gasteiger partial charge in [0, 0.05) is 37.4 Å². The molecule has 3 fully saturated rings. The highest BCUT2D eigenvalue weighted by Crippen LogP contribution is 2.54. The second-order valence-corrected chi connectivity index (χ2v) is 13.2. The average molecular weight is 574 g/mol. The molecule has 3 aromatic rings. The van der Waals surface area contributed by atoms with Gasteiger partial charge in [0.15, 0.2) is 0 Å². The lowest BCUT2D eigenvalue weighted by atomic mass is 9.93. The molecule has 3 N–H and O–H groups in total. The summed E-state index contributed by atoms with van der Waals surface area (Å²) in [4.78, 5) is 17.4. The summed E-state index contributed by atoms with van der Waals surface area (Å²) in [6, 6.07) is 10.2. The van der Waals surface area contributed by atoms with Crippen LogP contribution in [0.15, 0.2) is 42.6 Å². The van der Waals surface area contributed by atoms with E-state index in [0.29, 0.717) is 33.7 Å². The predicted octanol–water partition coefficient (Wildman–Crippen LogP) is 4.00. The lowest BCUT2D eigenvalue weighted by Crippen LogP contribution is -2.56. The van der Waals surface area contributed by atoms with E-state index in [9.17, 15) is 22.0 Å². The summed E-state index contributed by atoms with van der Waals surface area (Å²) in [5, 5.41) is 12.9. The van der Waals surface area contributed by atoms with Crippen molar-refractivity contribution < 1.29 is 27.1 Å². The minimum absolute atomic E-state index is 0.318. The fraction of sp³-hybridized carbons (Fsp3) is 0.464. The number of amides is 1. The summed E-state index contributed by atoms with van der Waals surface area (Å²) in [5.41, 5.74) is 3.68. The number of alkyl halides is 2. The molecule has 0 bridgehead atoms. The predicted molar refractivity (Wildman–Crippen MR) is 152 cm³/mol. The Labute approximate surface area is 231 Å². The normalized spacial score (nSPS) is 19.5. The molecule has 0 radical (unpaired) electrons. The standard InChI is InChI=1S/C28H33F2N5O4S/c1-33-9-4-19-14-21(16-24(25(19)33)35-17-28(29,30)18-35)31-26(37)22-3-2-20(32-40(38,39)13-12-36)15-23(22)34-10-7-27(5-6-27)8-11-34/h2-4,9,14-16,32,36H,5-8,10-13,17-18H2,1H3,(H,31,37). The largest absolute Gasteiger partial charge is 0.395 e. The second kappa shape index (κ2) is 9.62. The Morgan fingerprint density at radius 2 is 1.68 bits per heavy atom. The molecule has 3 heterocycles. The van der Waals surface area contributed by atoms with Crippen molar-refractivity contribution in [1.29, 1.82) is 0 Å². The van der Waals surface area contributed by atoms with Gasteiger partial charge in [-0.3, -0.25) is 9.52 Å². The van der Waals surface area contributed by atoms with Crippen LogP contribution in [0.4, 0.5) is 31.5 Å². The molecule has 40 heavy (non-hydrogen) atoms. The fourth-order valence-corrected chi connectivity index (χ4v) is 6.74. The summed E-state index contributed by atoms with van der Waals surface area (Å²) in [6.07, 6.45) is 6.34. The molecule has 214 valence electrons.